The Labute approximate surface area is 112 Å². The average molecular weight is 281 g/mol. The number of benzene rings is 1. The predicted molar refractivity (Wildman–Crippen MR) is 65.3 cm³/mol. The number of carbonyl (C=O) groups is 1. The molecule has 0 fully saturated rings. The van der Waals surface area contributed by atoms with Crippen LogP contribution < -0.4 is 4.90 Å². The fourth-order valence-electron chi connectivity index (χ4n) is 2.26. The summed E-state index contributed by atoms with van der Waals surface area (Å²) < 4.78 is 37.4. The molecular weight excluding hydrogens is 271 g/mol. The van der Waals surface area contributed by atoms with E-state index in [4.69, 9.17) is 0 Å². The minimum atomic E-state index is -4.57. The number of fused-ring (bicyclic) bond motifs is 1. The molecule has 1 amide bonds. The van der Waals surface area contributed by atoms with Crippen LogP contribution in [0.15, 0.2) is 36.7 Å². The van der Waals surface area contributed by atoms with Crippen molar-refractivity contribution in [3.63, 3.8) is 0 Å². The zero-order valence-electron chi connectivity index (χ0n) is 10.3. The van der Waals surface area contributed by atoms with Crippen molar-refractivity contribution in [3.05, 3.63) is 47.8 Å². The lowest BCUT2D eigenvalue weighted by molar-refractivity contribution is -0.212. The zero-order valence-corrected chi connectivity index (χ0v) is 10.3. The maximum absolute atomic E-state index is 12.5. The fourth-order valence-corrected chi connectivity index (χ4v) is 2.26. The van der Waals surface area contributed by atoms with E-state index in [1.807, 2.05) is 12.1 Å². The van der Waals surface area contributed by atoms with Gasteiger partial charge < -0.3 is 4.90 Å². The Balaban J connectivity index is 1.93. The van der Waals surface area contributed by atoms with Crippen molar-refractivity contribution in [1.82, 2.24) is 9.78 Å². The summed E-state index contributed by atoms with van der Waals surface area (Å²) in [5, 5.41) is 3.25. The number of carbonyl (C=O) groups excluding carboxylic acids is 1. The molecule has 1 aromatic heterocycles. The first-order valence-electron chi connectivity index (χ1n) is 5.98. The predicted octanol–water partition coefficient (Wildman–Crippen LogP) is 2.56. The minimum Gasteiger partial charge on any atom is -0.305 e. The summed E-state index contributed by atoms with van der Waals surface area (Å²) in [5.74, 6) is -0.298. The second-order valence-corrected chi connectivity index (χ2v) is 4.47. The smallest absolute Gasteiger partial charge is 0.305 e. The largest absolute Gasteiger partial charge is 0.504 e. The lowest BCUT2D eigenvalue weighted by Crippen LogP contribution is -2.37. The molecule has 1 aliphatic rings. The number of amides is 1. The van der Waals surface area contributed by atoms with E-state index < -0.39 is 6.30 Å². The lowest BCUT2D eigenvalue weighted by atomic mass is 9.99. The summed E-state index contributed by atoms with van der Waals surface area (Å²) in [6, 6.07) is 7.10. The molecule has 0 saturated carbocycles. The van der Waals surface area contributed by atoms with Crippen molar-refractivity contribution in [3.8, 4) is 0 Å². The van der Waals surface area contributed by atoms with Gasteiger partial charge in [0.1, 0.15) is 0 Å². The van der Waals surface area contributed by atoms with E-state index in [0.29, 0.717) is 18.5 Å². The topological polar surface area (TPSA) is 38.1 Å². The summed E-state index contributed by atoms with van der Waals surface area (Å²) in [5.41, 5.74) is 1.59. The van der Waals surface area contributed by atoms with Gasteiger partial charge >= 0.3 is 6.30 Å². The summed E-state index contributed by atoms with van der Waals surface area (Å²) in [6.45, 7) is 0.347. The summed E-state index contributed by atoms with van der Waals surface area (Å²) >= 11 is 0. The van der Waals surface area contributed by atoms with Gasteiger partial charge in [-0.15, -0.1) is 13.2 Å². The van der Waals surface area contributed by atoms with Crippen molar-refractivity contribution in [2.45, 2.75) is 12.7 Å². The second-order valence-electron chi connectivity index (χ2n) is 4.47. The van der Waals surface area contributed by atoms with Crippen LogP contribution in [0, 0.1) is 0 Å². The van der Waals surface area contributed by atoms with E-state index in [0.717, 1.165) is 18.0 Å². The monoisotopic (exact) mass is 281 g/mol. The van der Waals surface area contributed by atoms with Crippen LogP contribution in [-0.2, 0) is 12.7 Å². The fraction of sp³-hybridized carbons (Fsp3) is 0.231. The molecule has 0 radical (unpaired) electrons. The number of aromatic nitrogens is 2. The van der Waals surface area contributed by atoms with Crippen LogP contribution in [0.1, 0.15) is 15.9 Å². The number of rotatable bonds is 1. The molecule has 0 saturated heterocycles. The number of anilines is 1. The van der Waals surface area contributed by atoms with Crippen molar-refractivity contribution in [1.29, 1.82) is 0 Å². The Hall–Kier alpha value is -2.31. The second kappa shape index (κ2) is 4.36. The first-order valence-corrected chi connectivity index (χ1v) is 5.98. The quantitative estimate of drug-likeness (QED) is 0.805. The Morgan fingerprint density at radius 1 is 1.20 bits per heavy atom. The van der Waals surface area contributed by atoms with Gasteiger partial charge in [-0.3, -0.25) is 4.79 Å². The molecule has 0 spiro atoms. The van der Waals surface area contributed by atoms with Gasteiger partial charge in [-0.05, 0) is 18.1 Å². The van der Waals surface area contributed by atoms with Crippen LogP contribution in [0.4, 0.5) is 18.9 Å². The maximum Gasteiger partial charge on any atom is 0.504 e. The molecular formula is C13H10F3N3O. The Bertz CT molecular complexity index is 663. The van der Waals surface area contributed by atoms with Crippen molar-refractivity contribution in [2.75, 3.05) is 11.4 Å². The third-order valence-electron chi connectivity index (χ3n) is 3.24. The molecule has 2 heterocycles. The Morgan fingerprint density at radius 2 is 1.95 bits per heavy atom. The van der Waals surface area contributed by atoms with E-state index in [9.17, 15) is 18.0 Å². The zero-order chi connectivity index (χ0) is 14.3. The van der Waals surface area contributed by atoms with Gasteiger partial charge in [-0.25, -0.2) is 0 Å². The third kappa shape index (κ3) is 2.04. The number of hydrogen-bond acceptors (Lipinski definition) is 2. The van der Waals surface area contributed by atoms with E-state index in [1.54, 1.807) is 12.1 Å². The molecule has 0 N–H and O–H groups in total. The Kier molecular flexibility index (Phi) is 2.77. The normalized spacial score (nSPS) is 15.3. The van der Waals surface area contributed by atoms with Crippen LogP contribution in [0.25, 0.3) is 0 Å². The van der Waals surface area contributed by atoms with E-state index in [-0.39, 0.29) is 16.3 Å². The standard InChI is InChI=1S/C13H10F3N3O/c14-13(15,16)19-8-10(7-17-19)18-6-5-9-3-1-2-4-11(9)12(18)20/h1-4,7-8H,5-6H2. The van der Waals surface area contributed by atoms with E-state index >= 15 is 0 Å². The molecule has 4 nitrogen and oxygen atoms in total. The highest BCUT2D eigenvalue weighted by molar-refractivity contribution is 6.08. The van der Waals surface area contributed by atoms with Gasteiger partial charge in [-0.2, -0.15) is 9.78 Å². The van der Waals surface area contributed by atoms with Gasteiger partial charge in [0.2, 0.25) is 0 Å². The van der Waals surface area contributed by atoms with Crippen LogP contribution in [0.2, 0.25) is 0 Å². The SMILES string of the molecule is O=C1c2ccccc2CCN1c1cnn(C(F)(F)F)c1. The molecule has 3 rings (SSSR count). The third-order valence-corrected chi connectivity index (χ3v) is 3.24. The summed E-state index contributed by atoms with van der Waals surface area (Å²) in [4.78, 5) is 13.6. The molecule has 7 heteroatoms. The van der Waals surface area contributed by atoms with Gasteiger partial charge in [0.25, 0.3) is 5.91 Å². The highest BCUT2D eigenvalue weighted by Crippen LogP contribution is 2.27. The number of nitrogens with zero attached hydrogens (tertiary/aromatic N) is 3. The number of halogens is 3. The average Bonchev–Trinajstić information content (AvgIpc) is 2.89. The highest BCUT2D eigenvalue weighted by Gasteiger charge is 2.33. The molecule has 2 aromatic rings. The van der Waals surface area contributed by atoms with Gasteiger partial charge in [0.05, 0.1) is 18.1 Å². The molecule has 0 atom stereocenters. The molecule has 1 aliphatic heterocycles. The minimum absolute atomic E-state index is 0.101. The number of alkyl halides is 3. The van der Waals surface area contributed by atoms with Crippen LogP contribution in [0.3, 0.4) is 0 Å². The maximum atomic E-state index is 12.5. The van der Waals surface area contributed by atoms with Crippen molar-refractivity contribution >= 4 is 11.6 Å². The van der Waals surface area contributed by atoms with Crippen LogP contribution in [-0.4, -0.2) is 22.2 Å². The van der Waals surface area contributed by atoms with Gasteiger partial charge in [0.15, 0.2) is 0 Å². The van der Waals surface area contributed by atoms with Crippen LogP contribution in [0.5, 0.6) is 0 Å². The number of hydrogen-bond donors (Lipinski definition) is 0. The van der Waals surface area contributed by atoms with Crippen molar-refractivity contribution < 1.29 is 18.0 Å². The van der Waals surface area contributed by atoms with Crippen molar-refractivity contribution in [2.24, 2.45) is 0 Å². The molecule has 0 aliphatic carbocycles. The molecule has 1 aromatic carbocycles. The van der Waals surface area contributed by atoms with Gasteiger partial charge in [-0.1, -0.05) is 18.2 Å². The molecule has 0 bridgehead atoms. The molecule has 0 unspecified atom stereocenters. The first-order chi connectivity index (χ1) is 9.47. The Morgan fingerprint density at radius 3 is 2.65 bits per heavy atom. The first kappa shape index (κ1) is 12.7. The molecule has 104 valence electrons. The molecule has 20 heavy (non-hydrogen) atoms. The van der Waals surface area contributed by atoms with Gasteiger partial charge in [0, 0.05) is 12.1 Å². The lowest BCUT2D eigenvalue weighted by Gasteiger charge is -2.27. The van der Waals surface area contributed by atoms with E-state index in [1.165, 1.54) is 4.90 Å². The highest BCUT2D eigenvalue weighted by atomic mass is 19.4. The summed E-state index contributed by atoms with van der Waals surface area (Å²) in [6.07, 6.45) is -2.08. The summed E-state index contributed by atoms with van der Waals surface area (Å²) in [7, 11) is 0. The van der Waals surface area contributed by atoms with E-state index in [2.05, 4.69) is 5.10 Å². The van der Waals surface area contributed by atoms with Crippen LogP contribution >= 0.6 is 0 Å².